The van der Waals surface area contributed by atoms with Crippen molar-refractivity contribution in [3.05, 3.63) is 12.7 Å². The summed E-state index contributed by atoms with van der Waals surface area (Å²) in [6, 6.07) is 0. The number of rotatable bonds is 4. The van der Waals surface area contributed by atoms with Crippen molar-refractivity contribution < 1.29 is 9.84 Å². The molecule has 2 nitrogen and oxygen atoms in total. The zero-order valence-electron chi connectivity index (χ0n) is 11.1. The molecule has 1 spiro atoms. The summed E-state index contributed by atoms with van der Waals surface area (Å²) >= 11 is 0. The molecular weight excluding hydrogens is 212 g/mol. The predicted octanol–water partition coefficient (Wildman–Crippen LogP) is 3.44. The summed E-state index contributed by atoms with van der Waals surface area (Å²) in [5.74, 6) is 0. The van der Waals surface area contributed by atoms with Crippen molar-refractivity contribution >= 4 is 0 Å². The molecule has 1 aliphatic heterocycles. The number of hydrogen-bond donors (Lipinski definition) is 1. The average Bonchev–Trinajstić information content (AvgIpc) is 2.72. The van der Waals surface area contributed by atoms with E-state index in [0.29, 0.717) is 6.10 Å². The lowest BCUT2D eigenvalue weighted by Crippen LogP contribution is -2.33. The van der Waals surface area contributed by atoms with Gasteiger partial charge in [0.05, 0.1) is 18.3 Å². The summed E-state index contributed by atoms with van der Waals surface area (Å²) in [6.45, 7) is 6.07. The highest BCUT2D eigenvalue weighted by Gasteiger charge is 2.42. The number of hydrogen-bond acceptors (Lipinski definition) is 2. The summed E-state index contributed by atoms with van der Waals surface area (Å²) < 4.78 is 6.33. The van der Waals surface area contributed by atoms with Gasteiger partial charge in [0.25, 0.3) is 0 Å². The van der Waals surface area contributed by atoms with Crippen molar-refractivity contribution in [3.63, 3.8) is 0 Å². The molecule has 0 bridgehead atoms. The first-order chi connectivity index (χ1) is 8.11. The summed E-state index contributed by atoms with van der Waals surface area (Å²) in [7, 11) is 0. The molecule has 2 fully saturated rings. The zero-order chi connectivity index (χ0) is 12.4. The summed E-state index contributed by atoms with van der Waals surface area (Å²) in [5, 5.41) is 9.42. The zero-order valence-corrected chi connectivity index (χ0v) is 11.1. The molecule has 0 radical (unpaired) electrons. The predicted molar refractivity (Wildman–Crippen MR) is 69.9 cm³/mol. The monoisotopic (exact) mass is 238 g/mol. The van der Waals surface area contributed by atoms with Gasteiger partial charge < -0.3 is 9.84 Å². The topological polar surface area (TPSA) is 29.5 Å². The van der Waals surface area contributed by atoms with Crippen molar-refractivity contribution in [1.29, 1.82) is 0 Å². The van der Waals surface area contributed by atoms with E-state index in [9.17, 15) is 5.11 Å². The third-order valence-corrected chi connectivity index (χ3v) is 4.65. The lowest BCUT2D eigenvalue weighted by molar-refractivity contribution is -0.0755. The summed E-state index contributed by atoms with van der Waals surface area (Å²) in [4.78, 5) is 0. The Morgan fingerprint density at radius 1 is 1.35 bits per heavy atom. The van der Waals surface area contributed by atoms with Gasteiger partial charge in [0.1, 0.15) is 0 Å². The largest absolute Gasteiger partial charge is 0.395 e. The van der Waals surface area contributed by atoms with Crippen LogP contribution >= 0.6 is 0 Å². The normalized spacial score (nSPS) is 31.3. The van der Waals surface area contributed by atoms with E-state index < -0.39 is 0 Å². The van der Waals surface area contributed by atoms with Crippen molar-refractivity contribution in [3.8, 4) is 0 Å². The molecule has 1 saturated carbocycles. The second-order valence-corrected chi connectivity index (χ2v) is 6.24. The molecule has 2 rings (SSSR count). The van der Waals surface area contributed by atoms with Crippen LogP contribution in [0.1, 0.15) is 58.3 Å². The molecule has 1 heterocycles. The minimum atomic E-state index is -0.176. The molecule has 1 saturated heterocycles. The highest BCUT2D eigenvalue weighted by Crippen LogP contribution is 2.44. The van der Waals surface area contributed by atoms with Crippen LogP contribution in [-0.4, -0.2) is 23.4 Å². The number of aliphatic hydroxyl groups is 1. The molecule has 1 N–H and O–H groups in total. The van der Waals surface area contributed by atoms with E-state index in [4.69, 9.17) is 4.74 Å². The molecule has 0 aromatic rings. The SMILES string of the molecule is C=CC(C)(CO)CC1CCC2(CCCCC2)O1. The maximum atomic E-state index is 9.42. The lowest BCUT2D eigenvalue weighted by atomic mass is 9.82. The van der Waals surface area contributed by atoms with Crippen molar-refractivity contribution in [2.75, 3.05) is 6.61 Å². The lowest BCUT2D eigenvalue weighted by Gasteiger charge is -2.34. The van der Waals surface area contributed by atoms with Crippen LogP contribution in [0.3, 0.4) is 0 Å². The van der Waals surface area contributed by atoms with Crippen molar-refractivity contribution in [2.45, 2.75) is 70.0 Å². The molecule has 1 aliphatic carbocycles. The fourth-order valence-electron chi connectivity index (χ4n) is 3.34. The fraction of sp³-hybridized carbons (Fsp3) is 0.867. The third-order valence-electron chi connectivity index (χ3n) is 4.65. The number of aliphatic hydroxyl groups excluding tert-OH is 1. The smallest absolute Gasteiger partial charge is 0.0687 e. The molecule has 2 aliphatic rings. The van der Waals surface area contributed by atoms with Crippen LogP contribution in [0, 0.1) is 5.41 Å². The molecule has 2 atom stereocenters. The Bertz CT molecular complexity index is 268. The first kappa shape index (κ1) is 13.1. The van der Waals surface area contributed by atoms with Gasteiger partial charge in [-0.05, 0) is 32.1 Å². The second-order valence-electron chi connectivity index (χ2n) is 6.24. The highest BCUT2D eigenvalue weighted by molar-refractivity contribution is 4.97. The van der Waals surface area contributed by atoms with E-state index in [2.05, 4.69) is 13.5 Å². The highest BCUT2D eigenvalue weighted by atomic mass is 16.5. The van der Waals surface area contributed by atoms with Crippen molar-refractivity contribution in [2.24, 2.45) is 5.41 Å². The molecule has 0 aromatic heterocycles. The van der Waals surface area contributed by atoms with Crippen LogP contribution in [-0.2, 0) is 4.74 Å². The van der Waals surface area contributed by atoms with Crippen molar-refractivity contribution in [1.82, 2.24) is 0 Å². The first-order valence-electron chi connectivity index (χ1n) is 7.04. The van der Waals surface area contributed by atoms with Gasteiger partial charge in [0.15, 0.2) is 0 Å². The van der Waals surface area contributed by atoms with Gasteiger partial charge in [-0.3, -0.25) is 0 Å². The van der Waals surface area contributed by atoms with Gasteiger partial charge in [-0.25, -0.2) is 0 Å². The quantitative estimate of drug-likeness (QED) is 0.760. The molecule has 2 heteroatoms. The molecular formula is C15H26O2. The molecule has 98 valence electrons. The van der Waals surface area contributed by atoms with E-state index in [-0.39, 0.29) is 17.6 Å². The first-order valence-corrected chi connectivity index (χ1v) is 7.04. The van der Waals surface area contributed by atoms with Gasteiger partial charge in [-0.2, -0.15) is 0 Å². The molecule has 0 amide bonds. The van der Waals surface area contributed by atoms with Gasteiger partial charge in [-0.1, -0.05) is 32.3 Å². The van der Waals surface area contributed by atoms with E-state index >= 15 is 0 Å². The Labute approximate surface area is 105 Å². The molecule has 17 heavy (non-hydrogen) atoms. The minimum absolute atomic E-state index is 0.170. The average molecular weight is 238 g/mol. The molecule has 2 unspecified atom stereocenters. The van der Waals surface area contributed by atoms with E-state index in [1.807, 2.05) is 6.08 Å². The van der Waals surface area contributed by atoms with Gasteiger partial charge in [0, 0.05) is 5.41 Å². The van der Waals surface area contributed by atoms with Gasteiger partial charge >= 0.3 is 0 Å². The van der Waals surface area contributed by atoms with Crippen LogP contribution in [0.4, 0.5) is 0 Å². The Balaban J connectivity index is 1.91. The van der Waals surface area contributed by atoms with Gasteiger partial charge in [0.2, 0.25) is 0 Å². The molecule has 0 aromatic carbocycles. The Morgan fingerprint density at radius 2 is 2.06 bits per heavy atom. The Hall–Kier alpha value is -0.340. The van der Waals surface area contributed by atoms with Crippen LogP contribution in [0.5, 0.6) is 0 Å². The fourth-order valence-corrected chi connectivity index (χ4v) is 3.34. The van der Waals surface area contributed by atoms with E-state index in [1.54, 1.807) is 0 Å². The standard InChI is InChI=1S/C15H26O2/c1-3-14(2,12-16)11-13-7-10-15(17-13)8-5-4-6-9-15/h3,13,16H,1,4-12H2,2H3. The summed E-state index contributed by atoms with van der Waals surface area (Å²) in [6.07, 6.45) is 12.0. The Morgan fingerprint density at radius 3 is 2.65 bits per heavy atom. The minimum Gasteiger partial charge on any atom is -0.395 e. The number of ether oxygens (including phenoxy) is 1. The Kier molecular flexibility index (Phi) is 3.94. The van der Waals surface area contributed by atoms with Crippen LogP contribution in [0.2, 0.25) is 0 Å². The third kappa shape index (κ3) is 2.92. The maximum absolute atomic E-state index is 9.42. The van der Waals surface area contributed by atoms with E-state index in [0.717, 1.165) is 12.8 Å². The van der Waals surface area contributed by atoms with E-state index in [1.165, 1.54) is 38.5 Å². The van der Waals surface area contributed by atoms with Crippen LogP contribution < -0.4 is 0 Å². The maximum Gasteiger partial charge on any atom is 0.0687 e. The second kappa shape index (κ2) is 5.11. The summed E-state index contributed by atoms with van der Waals surface area (Å²) in [5.41, 5.74) is 0.0192. The van der Waals surface area contributed by atoms with Crippen LogP contribution in [0.25, 0.3) is 0 Å². The van der Waals surface area contributed by atoms with Gasteiger partial charge in [-0.15, -0.1) is 6.58 Å². The van der Waals surface area contributed by atoms with Crippen LogP contribution in [0.15, 0.2) is 12.7 Å².